The fraction of sp³-hybridized carbons (Fsp3) is 0.400. The zero-order valence-electron chi connectivity index (χ0n) is 9.60. The highest BCUT2D eigenvalue weighted by Crippen LogP contribution is 2.16. The van der Waals surface area contributed by atoms with Crippen LogP contribution in [0, 0.1) is 5.41 Å². The minimum absolute atomic E-state index is 0.421. The van der Waals surface area contributed by atoms with Crippen LogP contribution in [0.2, 0.25) is 0 Å². The Morgan fingerprint density at radius 3 is 2.47 bits per heavy atom. The molecular weight excluding hydrogens is 228 g/mol. The molecule has 1 aromatic heterocycles. The van der Waals surface area contributed by atoms with Crippen LogP contribution in [0.4, 0.5) is 0 Å². The molecule has 2 N–H and O–H groups in total. The lowest BCUT2D eigenvalue weighted by Gasteiger charge is -2.15. The van der Waals surface area contributed by atoms with Gasteiger partial charge in [-0.15, -0.1) is 0 Å². The average molecular weight is 240 g/mol. The van der Waals surface area contributed by atoms with Gasteiger partial charge in [0, 0.05) is 6.07 Å². The lowest BCUT2D eigenvalue weighted by molar-refractivity contribution is -0.143. The highest BCUT2D eigenvalue weighted by molar-refractivity contribution is 5.85. The van der Waals surface area contributed by atoms with Crippen LogP contribution in [0.5, 0.6) is 6.01 Å². The summed E-state index contributed by atoms with van der Waals surface area (Å²) in [5.41, 5.74) is -1.96. The van der Waals surface area contributed by atoms with Gasteiger partial charge in [-0.3, -0.25) is 14.6 Å². The summed E-state index contributed by atoms with van der Waals surface area (Å²) >= 11 is 0. The number of rotatable bonds is 2. The highest BCUT2D eigenvalue weighted by Gasteiger charge is 2.25. The van der Waals surface area contributed by atoms with E-state index < -0.39 is 34.6 Å². The molecular formula is C10H12N2O5. The van der Waals surface area contributed by atoms with Crippen LogP contribution in [-0.2, 0) is 4.79 Å². The molecule has 0 amide bonds. The molecule has 17 heavy (non-hydrogen) atoms. The summed E-state index contributed by atoms with van der Waals surface area (Å²) in [6, 6.07) is 0.381. The topological polar surface area (TPSA) is 109 Å². The Balaban J connectivity index is 3.04. The van der Waals surface area contributed by atoms with E-state index in [1.54, 1.807) is 20.8 Å². The number of carbonyl (C=O) groups excluding carboxylic acids is 1. The zero-order valence-corrected chi connectivity index (χ0v) is 9.60. The lowest BCUT2D eigenvalue weighted by Crippen LogP contribution is -2.27. The third-order valence-corrected chi connectivity index (χ3v) is 1.74. The van der Waals surface area contributed by atoms with E-state index in [1.165, 1.54) is 0 Å². The van der Waals surface area contributed by atoms with Crippen molar-refractivity contribution in [3.05, 3.63) is 22.1 Å². The van der Waals surface area contributed by atoms with Crippen molar-refractivity contribution in [1.82, 2.24) is 9.97 Å². The number of carbonyl (C=O) groups is 2. The molecule has 0 saturated carbocycles. The maximum absolute atomic E-state index is 11.5. The number of esters is 1. The fourth-order valence-corrected chi connectivity index (χ4v) is 0.834. The van der Waals surface area contributed by atoms with Crippen LogP contribution in [0.15, 0.2) is 10.9 Å². The van der Waals surface area contributed by atoms with Crippen molar-refractivity contribution in [3.8, 4) is 6.01 Å². The van der Waals surface area contributed by atoms with Gasteiger partial charge in [0.15, 0.2) is 5.69 Å². The molecule has 0 atom stereocenters. The van der Waals surface area contributed by atoms with Gasteiger partial charge >= 0.3 is 17.9 Å². The van der Waals surface area contributed by atoms with E-state index in [2.05, 4.69) is 9.97 Å². The number of aromatic amines is 1. The molecule has 0 unspecified atom stereocenters. The molecule has 0 aliphatic rings. The summed E-state index contributed by atoms with van der Waals surface area (Å²) in [4.78, 5) is 38.8. The van der Waals surface area contributed by atoms with Crippen LogP contribution >= 0.6 is 0 Å². The van der Waals surface area contributed by atoms with E-state index >= 15 is 0 Å². The molecule has 1 rings (SSSR count). The molecule has 0 bridgehead atoms. The van der Waals surface area contributed by atoms with Crippen molar-refractivity contribution >= 4 is 11.9 Å². The monoisotopic (exact) mass is 240 g/mol. The summed E-state index contributed by atoms with van der Waals surface area (Å²) in [6.07, 6.45) is 0. The number of aromatic nitrogens is 2. The summed E-state index contributed by atoms with van der Waals surface area (Å²) in [6.45, 7) is 4.86. The van der Waals surface area contributed by atoms with Gasteiger partial charge in [0.05, 0.1) is 5.41 Å². The number of nitrogens with one attached hydrogen (secondary N) is 1. The third kappa shape index (κ3) is 3.40. The first-order chi connectivity index (χ1) is 7.70. The fourth-order valence-electron chi connectivity index (χ4n) is 0.834. The molecule has 0 aliphatic heterocycles. The van der Waals surface area contributed by atoms with Crippen LogP contribution in [0.1, 0.15) is 31.3 Å². The number of hydrogen-bond acceptors (Lipinski definition) is 5. The first kappa shape index (κ1) is 12.9. The van der Waals surface area contributed by atoms with Gasteiger partial charge in [-0.1, -0.05) is 0 Å². The van der Waals surface area contributed by atoms with Crippen molar-refractivity contribution in [2.75, 3.05) is 0 Å². The number of H-pyrrole nitrogens is 1. The Hall–Kier alpha value is -2.18. The Morgan fingerprint density at radius 1 is 1.41 bits per heavy atom. The van der Waals surface area contributed by atoms with Gasteiger partial charge in [-0.05, 0) is 20.8 Å². The van der Waals surface area contributed by atoms with Crippen molar-refractivity contribution in [2.45, 2.75) is 20.8 Å². The molecule has 1 heterocycles. The van der Waals surface area contributed by atoms with Crippen molar-refractivity contribution in [3.63, 3.8) is 0 Å². The smallest absolute Gasteiger partial charge is 0.354 e. The largest absolute Gasteiger partial charge is 0.477 e. The van der Waals surface area contributed by atoms with E-state index in [-0.39, 0.29) is 0 Å². The van der Waals surface area contributed by atoms with E-state index in [1.807, 2.05) is 0 Å². The SMILES string of the molecule is CC(C)(C)C(=O)Oc1nc(C(=O)O)cc(=O)[nH]1. The van der Waals surface area contributed by atoms with E-state index in [0.29, 0.717) is 0 Å². The molecule has 7 heteroatoms. The van der Waals surface area contributed by atoms with Gasteiger partial charge in [0.1, 0.15) is 0 Å². The van der Waals surface area contributed by atoms with Crippen LogP contribution < -0.4 is 10.3 Å². The van der Waals surface area contributed by atoms with Crippen LogP contribution in [-0.4, -0.2) is 27.0 Å². The lowest BCUT2D eigenvalue weighted by atomic mass is 9.98. The average Bonchev–Trinajstić information content (AvgIpc) is 2.14. The number of carboxylic acids is 1. The van der Waals surface area contributed by atoms with Crippen molar-refractivity contribution < 1.29 is 19.4 Å². The number of carboxylic acid groups (broad SMARTS) is 1. The summed E-state index contributed by atoms with van der Waals surface area (Å²) in [5, 5.41) is 8.67. The first-order valence-electron chi connectivity index (χ1n) is 4.77. The highest BCUT2D eigenvalue weighted by atomic mass is 16.6. The van der Waals surface area contributed by atoms with Crippen LogP contribution in [0.25, 0.3) is 0 Å². The van der Waals surface area contributed by atoms with Gasteiger partial charge in [-0.2, -0.15) is 4.98 Å². The summed E-state index contributed by atoms with van der Waals surface area (Å²) < 4.78 is 4.78. The second kappa shape index (κ2) is 4.36. The Labute approximate surface area is 96.5 Å². The molecule has 0 fully saturated rings. The standard InChI is InChI=1S/C10H12N2O5/c1-10(2,3)8(16)17-9-11-5(7(14)15)4-6(13)12-9/h4H,1-3H3,(H,14,15)(H,11,12,13). The quantitative estimate of drug-likeness (QED) is 0.725. The van der Waals surface area contributed by atoms with Gasteiger partial charge < -0.3 is 9.84 Å². The molecule has 0 saturated heterocycles. The van der Waals surface area contributed by atoms with Crippen molar-refractivity contribution in [2.24, 2.45) is 5.41 Å². The molecule has 1 aromatic rings. The van der Waals surface area contributed by atoms with E-state index in [4.69, 9.17) is 9.84 Å². The van der Waals surface area contributed by atoms with Gasteiger partial charge in [-0.25, -0.2) is 4.79 Å². The predicted molar refractivity (Wildman–Crippen MR) is 56.9 cm³/mol. The number of nitrogens with zero attached hydrogens (tertiary/aromatic N) is 1. The van der Waals surface area contributed by atoms with Gasteiger partial charge in [0.25, 0.3) is 5.56 Å². The van der Waals surface area contributed by atoms with E-state index in [0.717, 1.165) is 6.07 Å². The Kier molecular flexibility index (Phi) is 3.31. The van der Waals surface area contributed by atoms with Gasteiger partial charge in [0.2, 0.25) is 0 Å². The third-order valence-electron chi connectivity index (χ3n) is 1.74. The van der Waals surface area contributed by atoms with Crippen molar-refractivity contribution in [1.29, 1.82) is 0 Å². The second-order valence-electron chi connectivity index (χ2n) is 4.38. The predicted octanol–water partition coefficient (Wildman–Crippen LogP) is 0.420. The maximum Gasteiger partial charge on any atom is 0.354 e. The molecule has 0 spiro atoms. The zero-order chi connectivity index (χ0) is 13.2. The molecule has 7 nitrogen and oxygen atoms in total. The minimum Gasteiger partial charge on any atom is -0.477 e. The Bertz CT molecular complexity index is 512. The number of hydrogen-bond donors (Lipinski definition) is 2. The molecule has 92 valence electrons. The normalized spacial score (nSPS) is 11.0. The molecule has 0 aliphatic carbocycles. The molecule has 0 aromatic carbocycles. The Morgan fingerprint density at radius 2 is 2.00 bits per heavy atom. The number of ether oxygens (including phenoxy) is 1. The van der Waals surface area contributed by atoms with E-state index in [9.17, 15) is 14.4 Å². The maximum atomic E-state index is 11.5. The van der Waals surface area contributed by atoms with Crippen LogP contribution in [0.3, 0.4) is 0 Å². The minimum atomic E-state index is -1.37. The summed E-state index contributed by atoms with van der Waals surface area (Å²) in [7, 11) is 0. The molecule has 0 radical (unpaired) electrons. The second-order valence-corrected chi connectivity index (χ2v) is 4.38. The first-order valence-corrected chi connectivity index (χ1v) is 4.77. The summed E-state index contributed by atoms with van der Waals surface area (Å²) in [5.74, 6) is -1.99. The number of aromatic carboxylic acids is 1.